The highest BCUT2D eigenvalue weighted by molar-refractivity contribution is 5.91. The number of ether oxygens (including phenoxy) is 1. The van der Waals surface area contributed by atoms with Crippen molar-refractivity contribution in [2.24, 2.45) is 5.73 Å². The average Bonchev–Trinajstić information content (AvgIpc) is 2.61. The normalized spacial score (nSPS) is 18.7. The minimum Gasteiger partial charge on any atom is -0.465 e. The van der Waals surface area contributed by atoms with Gasteiger partial charge in [0.15, 0.2) is 0 Å². The molecular weight excluding hydrogens is 197 g/mol. The summed E-state index contributed by atoms with van der Waals surface area (Å²) in [7, 11) is 1.31. The van der Waals surface area contributed by atoms with E-state index in [1.807, 2.05) is 0 Å². The van der Waals surface area contributed by atoms with Crippen molar-refractivity contribution in [2.75, 3.05) is 7.11 Å². The van der Waals surface area contributed by atoms with Crippen molar-refractivity contribution >= 4 is 5.97 Å². The van der Waals surface area contributed by atoms with E-state index in [9.17, 15) is 9.18 Å². The summed E-state index contributed by atoms with van der Waals surface area (Å²) < 4.78 is 18.1. The van der Waals surface area contributed by atoms with E-state index >= 15 is 0 Å². The molecule has 3 nitrogen and oxygen atoms in total. The van der Waals surface area contributed by atoms with Crippen molar-refractivity contribution < 1.29 is 13.9 Å². The molecule has 1 aliphatic carbocycles. The summed E-state index contributed by atoms with van der Waals surface area (Å²) in [6, 6.07) is 2.43. The number of hydrogen-bond donors (Lipinski definition) is 1. The fourth-order valence-electron chi connectivity index (χ4n) is 2.05. The first-order valence-electron chi connectivity index (χ1n) is 4.80. The SMILES string of the molecule is COC(=O)c1ccc(F)c2c1CC[C@@H]2N. The Kier molecular flexibility index (Phi) is 2.44. The van der Waals surface area contributed by atoms with Crippen LogP contribution in [0.1, 0.15) is 33.9 Å². The molecule has 0 saturated carbocycles. The average molecular weight is 209 g/mol. The van der Waals surface area contributed by atoms with E-state index in [-0.39, 0.29) is 11.9 Å². The first kappa shape index (κ1) is 10.1. The van der Waals surface area contributed by atoms with Gasteiger partial charge in [0.05, 0.1) is 12.7 Å². The molecule has 0 amide bonds. The smallest absolute Gasteiger partial charge is 0.338 e. The predicted molar refractivity (Wildman–Crippen MR) is 53.0 cm³/mol. The number of methoxy groups -OCH3 is 1. The molecule has 0 spiro atoms. The molecule has 1 aliphatic rings. The number of hydrogen-bond acceptors (Lipinski definition) is 3. The van der Waals surface area contributed by atoms with Crippen LogP contribution < -0.4 is 5.73 Å². The van der Waals surface area contributed by atoms with Crippen molar-refractivity contribution in [2.45, 2.75) is 18.9 Å². The number of rotatable bonds is 1. The molecule has 1 aromatic carbocycles. The molecular formula is C11H12FNO2. The predicted octanol–water partition coefficient (Wildman–Crippen LogP) is 1.56. The minimum absolute atomic E-state index is 0.301. The lowest BCUT2D eigenvalue weighted by Gasteiger charge is -2.09. The second-order valence-corrected chi connectivity index (χ2v) is 3.62. The summed E-state index contributed by atoms with van der Waals surface area (Å²) in [5, 5.41) is 0. The highest BCUT2D eigenvalue weighted by Gasteiger charge is 2.27. The van der Waals surface area contributed by atoms with Crippen LogP contribution in [0.2, 0.25) is 0 Å². The summed E-state index contributed by atoms with van der Waals surface area (Å²) in [6.07, 6.45) is 1.32. The minimum atomic E-state index is -0.430. The maximum Gasteiger partial charge on any atom is 0.338 e. The number of esters is 1. The lowest BCUT2D eigenvalue weighted by molar-refractivity contribution is 0.0599. The van der Waals surface area contributed by atoms with E-state index in [2.05, 4.69) is 4.74 Å². The van der Waals surface area contributed by atoms with Crippen LogP contribution in [-0.4, -0.2) is 13.1 Å². The molecule has 0 unspecified atom stereocenters. The highest BCUT2D eigenvalue weighted by atomic mass is 19.1. The van der Waals surface area contributed by atoms with Crippen LogP contribution in [0.3, 0.4) is 0 Å². The number of fused-ring (bicyclic) bond motifs is 1. The topological polar surface area (TPSA) is 52.3 Å². The summed E-state index contributed by atoms with van der Waals surface area (Å²) in [5.41, 5.74) is 7.37. The number of carbonyl (C=O) groups excluding carboxylic acids is 1. The number of benzene rings is 1. The molecule has 0 saturated heterocycles. The molecule has 2 N–H and O–H groups in total. The van der Waals surface area contributed by atoms with Crippen molar-refractivity contribution in [1.29, 1.82) is 0 Å². The molecule has 15 heavy (non-hydrogen) atoms. The maximum atomic E-state index is 13.5. The van der Waals surface area contributed by atoms with Gasteiger partial charge in [0.2, 0.25) is 0 Å². The highest BCUT2D eigenvalue weighted by Crippen LogP contribution is 2.33. The Balaban J connectivity index is 2.57. The van der Waals surface area contributed by atoms with Gasteiger partial charge in [-0.3, -0.25) is 0 Å². The fourth-order valence-corrected chi connectivity index (χ4v) is 2.05. The van der Waals surface area contributed by atoms with Gasteiger partial charge < -0.3 is 10.5 Å². The Morgan fingerprint density at radius 2 is 2.33 bits per heavy atom. The third-order valence-corrected chi connectivity index (χ3v) is 2.79. The Hall–Kier alpha value is -1.42. The molecule has 4 heteroatoms. The quantitative estimate of drug-likeness (QED) is 0.714. The zero-order chi connectivity index (χ0) is 11.0. The third kappa shape index (κ3) is 1.51. The Morgan fingerprint density at radius 3 is 3.00 bits per heavy atom. The van der Waals surface area contributed by atoms with Gasteiger partial charge in [0.25, 0.3) is 0 Å². The monoisotopic (exact) mass is 209 g/mol. The first-order valence-corrected chi connectivity index (χ1v) is 4.80. The van der Waals surface area contributed by atoms with Crippen LogP contribution in [0.5, 0.6) is 0 Å². The Labute approximate surface area is 87.0 Å². The molecule has 0 fully saturated rings. The van der Waals surface area contributed by atoms with Gasteiger partial charge in [-0.25, -0.2) is 9.18 Å². The van der Waals surface area contributed by atoms with Gasteiger partial charge in [-0.1, -0.05) is 0 Å². The largest absolute Gasteiger partial charge is 0.465 e. The number of nitrogens with two attached hydrogens (primary N) is 1. The van der Waals surface area contributed by atoms with E-state index in [4.69, 9.17) is 5.73 Å². The standard InChI is InChI=1S/C11H12FNO2/c1-15-11(14)7-2-4-8(12)10-6(7)3-5-9(10)13/h2,4,9H,3,5,13H2,1H3/t9-/m0/s1. The molecule has 1 atom stereocenters. The zero-order valence-corrected chi connectivity index (χ0v) is 8.42. The summed E-state index contributed by atoms with van der Waals surface area (Å²) in [4.78, 5) is 11.4. The number of carbonyl (C=O) groups is 1. The molecule has 0 aliphatic heterocycles. The lowest BCUT2D eigenvalue weighted by atomic mass is 10.0. The van der Waals surface area contributed by atoms with Crippen molar-refractivity contribution in [3.05, 3.63) is 34.6 Å². The van der Waals surface area contributed by atoms with Crippen molar-refractivity contribution in [1.82, 2.24) is 0 Å². The van der Waals surface area contributed by atoms with Gasteiger partial charge in [0, 0.05) is 11.6 Å². The van der Waals surface area contributed by atoms with Gasteiger partial charge >= 0.3 is 5.97 Å². The van der Waals surface area contributed by atoms with Gasteiger partial charge in [-0.15, -0.1) is 0 Å². The second-order valence-electron chi connectivity index (χ2n) is 3.62. The summed E-state index contributed by atoms with van der Waals surface area (Å²) in [6.45, 7) is 0. The molecule has 0 heterocycles. The molecule has 1 aromatic rings. The van der Waals surface area contributed by atoms with Crippen LogP contribution >= 0.6 is 0 Å². The van der Waals surface area contributed by atoms with Crippen molar-refractivity contribution in [3.8, 4) is 0 Å². The van der Waals surface area contributed by atoms with E-state index in [1.54, 1.807) is 0 Å². The summed E-state index contributed by atoms with van der Waals surface area (Å²) in [5.74, 6) is -0.761. The van der Waals surface area contributed by atoms with Crippen LogP contribution in [0, 0.1) is 5.82 Å². The van der Waals surface area contributed by atoms with E-state index in [1.165, 1.54) is 19.2 Å². The van der Waals surface area contributed by atoms with Crippen LogP contribution in [0.4, 0.5) is 4.39 Å². The first-order chi connectivity index (χ1) is 7.15. The summed E-state index contributed by atoms with van der Waals surface area (Å²) >= 11 is 0. The fraction of sp³-hybridized carbons (Fsp3) is 0.364. The van der Waals surface area contributed by atoms with Gasteiger partial charge in [-0.05, 0) is 30.5 Å². The second kappa shape index (κ2) is 3.62. The van der Waals surface area contributed by atoms with E-state index in [0.717, 1.165) is 0 Å². The lowest BCUT2D eigenvalue weighted by Crippen LogP contribution is -2.10. The Morgan fingerprint density at radius 1 is 1.60 bits per heavy atom. The van der Waals surface area contributed by atoms with Crippen LogP contribution in [0.25, 0.3) is 0 Å². The zero-order valence-electron chi connectivity index (χ0n) is 8.42. The maximum absolute atomic E-state index is 13.5. The molecule has 0 bridgehead atoms. The molecule has 2 rings (SSSR count). The molecule has 80 valence electrons. The van der Waals surface area contributed by atoms with Crippen molar-refractivity contribution in [3.63, 3.8) is 0 Å². The molecule has 0 aromatic heterocycles. The van der Waals surface area contributed by atoms with Crippen LogP contribution in [-0.2, 0) is 11.2 Å². The Bertz CT molecular complexity index is 417. The van der Waals surface area contributed by atoms with Gasteiger partial charge in [-0.2, -0.15) is 0 Å². The number of halogens is 1. The van der Waals surface area contributed by atoms with Crippen LogP contribution in [0.15, 0.2) is 12.1 Å². The van der Waals surface area contributed by atoms with Gasteiger partial charge in [0.1, 0.15) is 5.82 Å². The molecule has 0 radical (unpaired) electrons. The van der Waals surface area contributed by atoms with E-state index < -0.39 is 5.97 Å². The van der Waals surface area contributed by atoms with E-state index in [0.29, 0.717) is 29.5 Å². The third-order valence-electron chi connectivity index (χ3n) is 2.79.